The lowest BCUT2D eigenvalue weighted by molar-refractivity contribution is 0.0778. The van der Waals surface area contributed by atoms with E-state index >= 15 is 0 Å². The van der Waals surface area contributed by atoms with Crippen molar-refractivity contribution in [3.8, 4) is 0 Å². The number of likely N-dealkylation sites (tertiary alicyclic amines) is 1. The highest BCUT2D eigenvalue weighted by Crippen LogP contribution is 2.23. The van der Waals surface area contributed by atoms with Crippen LogP contribution < -0.4 is 0 Å². The highest BCUT2D eigenvalue weighted by molar-refractivity contribution is 6.30. The van der Waals surface area contributed by atoms with Gasteiger partial charge in [-0.1, -0.05) is 37.6 Å². The molecule has 1 saturated heterocycles. The van der Waals surface area contributed by atoms with Crippen LogP contribution in [0.2, 0.25) is 5.02 Å². The highest BCUT2D eigenvalue weighted by atomic mass is 35.5. The Bertz CT molecular complexity index is 1010. The number of oxazole rings is 1. The normalized spacial score (nSPS) is 16.8. The summed E-state index contributed by atoms with van der Waals surface area (Å²) in [6, 6.07) is 13.6. The molecule has 0 radical (unpaired) electrons. The Balaban J connectivity index is 1.49. The summed E-state index contributed by atoms with van der Waals surface area (Å²) < 4.78 is 5.93. The summed E-state index contributed by atoms with van der Waals surface area (Å²) >= 11 is 6.06. The largest absolute Gasteiger partial charge is 0.440 e. The van der Waals surface area contributed by atoms with Gasteiger partial charge in [0.25, 0.3) is 5.91 Å². The number of nitrogens with zero attached hydrogens (tertiary/aromatic N) is 3. The van der Waals surface area contributed by atoms with Crippen LogP contribution in [-0.4, -0.2) is 52.9 Å². The smallest absolute Gasteiger partial charge is 0.254 e. The minimum atomic E-state index is 0.0642. The van der Waals surface area contributed by atoms with Gasteiger partial charge in [-0.15, -0.1) is 0 Å². The predicted octanol–water partition coefficient (Wildman–Crippen LogP) is 4.63. The van der Waals surface area contributed by atoms with Crippen molar-refractivity contribution in [2.45, 2.75) is 32.7 Å². The molecule has 0 aliphatic carbocycles. The van der Waals surface area contributed by atoms with Gasteiger partial charge in [0.05, 0.1) is 0 Å². The standard InChI is InChI=1S/C23H26ClN3O2/c1-3-26(4-2)19-10-11-27(15-19)23(28)17-8-9-20-21(14-17)29-22(25-20)13-16-6-5-7-18(24)12-16/h5-9,12,14,19H,3-4,10-11,13,15H2,1-2H3/t19-/m1/s1. The fourth-order valence-electron chi connectivity index (χ4n) is 4.15. The molecular formula is C23H26ClN3O2. The van der Waals surface area contributed by atoms with E-state index in [0.29, 0.717) is 34.5 Å². The molecule has 0 saturated carbocycles. The molecule has 0 bridgehead atoms. The lowest BCUT2D eigenvalue weighted by atomic mass is 10.1. The number of hydrogen-bond donors (Lipinski definition) is 0. The molecule has 0 N–H and O–H groups in total. The van der Waals surface area contributed by atoms with E-state index in [1.54, 1.807) is 0 Å². The monoisotopic (exact) mass is 411 g/mol. The second kappa shape index (κ2) is 8.56. The molecule has 4 rings (SSSR count). The molecule has 1 aromatic heterocycles. The first kappa shape index (κ1) is 19.9. The molecule has 1 aliphatic rings. The zero-order valence-electron chi connectivity index (χ0n) is 16.9. The van der Waals surface area contributed by atoms with Crippen molar-refractivity contribution >= 4 is 28.6 Å². The van der Waals surface area contributed by atoms with Crippen LogP contribution >= 0.6 is 11.6 Å². The van der Waals surface area contributed by atoms with Crippen LogP contribution in [0.15, 0.2) is 46.9 Å². The third-order valence-corrected chi connectivity index (χ3v) is 5.94. The summed E-state index contributed by atoms with van der Waals surface area (Å²) in [5.41, 5.74) is 3.11. The number of amides is 1. The van der Waals surface area contributed by atoms with Gasteiger partial charge in [-0.3, -0.25) is 9.69 Å². The van der Waals surface area contributed by atoms with Crippen LogP contribution in [0.3, 0.4) is 0 Å². The molecular weight excluding hydrogens is 386 g/mol. The molecule has 152 valence electrons. The zero-order valence-corrected chi connectivity index (χ0v) is 17.7. The Kier molecular flexibility index (Phi) is 5.88. The number of fused-ring (bicyclic) bond motifs is 1. The first-order chi connectivity index (χ1) is 14.1. The van der Waals surface area contributed by atoms with E-state index in [4.69, 9.17) is 16.0 Å². The van der Waals surface area contributed by atoms with Gasteiger partial charge < -0.3 is 9.32 Å². The van der Waals surface area contributed by atoms with E-state index in [-0.39, 0.29) is 5.91 Å². The lowest BCUT2D eigenvalue weighted by Gasteiger charge is -2.26. The number of carbonyl (C=O) groups excluding carboxylic acids is 1. The Morgan fingerprint density at radius 1 is 1.24 bits per heavy atom. The quantitative estimate of drug-likeness (QED) is 0.593. The number of benzene rings is 2. The van der Waals surface area contributed by atoms with Crippen molar-refractivity contribution in [3.63, 3.8) is 0 Å². The van der Waals surface area contributed by atoms with Gasteiger partial charge in [0.1, 0.15) is 5.52 Å². The number of rotatable bonds is 6. The lowest BCUT2D eigenvalue weighted by Crippen LogP contribution is -2.38. The van der Waals surface area contributed by atoms with Crippen molar-refractivity contribution in [1.82, 2.24) is 14.8 Å². The van der Waals surface area contributed by atoms with E-state index in [0.717, 1.165) is 43.7 Å². The Labute approximate surface area is 176 Å². The molecule has 1 fully saturated rings. The molecule has 3 aromatic rings. The number of aromatic nitrogens is 1. The second-order valence-electron chi connectivity index (χ2n) is 7.51. The van der Waals surface area contributed by atoms with Gasteiger partial charge in [-0.25, -0.2) is 4.98 Å². The van der Waals surface area contributed by atoms with Gasteiger partial charge in [-0.2, -0.15) is 0 Å². The molecule has 2 heterocycles. The van der Waals surface area contributed by atoms with E-state index in [1.165, 1.54) is 0 Å². The van der Waals surface area contributed by atoms with Gasteiger partial charge in [0.15, 0.2) is 11.5 Å². The molecule has 5 nitrogen and oxygen atoms in total. The molecule has 0 unspecified atom stereocenters. The fraction of sp³-hybridized carbons (Fsp3) is 0.391. The summed E-state index contributed by atoms with van der Waals surface area (Å²) in [5, 5.41) is 0.695. The van der Waals surface area contributed by atoms with Crippen molar-refractivity contribution in [1.29, 1.82) is 0 Å². The van der Waals surface area contributed by atoms with Gasteiger partial charge in [0, 0.05) is 36.1 Å². The Morgan fingerprint density at radius 2 is 2.07 bits per heavy atom. The molecule has 2 aromatic carbocycles. The predicted molar refractivity (Wildman–Crippen MR) is 115 cm³/mol. The number of carbonyl (C=O) groups is 1. The van der Waals surface area contributed by atoms with Crippen LogP contribution in [0.4, 0.5) is 0 Å². The van der Waals surface area contributed by atoms with Crippen LogP contribution in [0.1, 0.15) is 42.1 Å². The number of hydrogen-bond acceptors (Lipinski definition) is 4. The van der Waals surface area contributed by atoms with Crippen molar-refractivity contribution in [2.75, 3.05) is 26.2 Å². The summed E-state index contributed by atoms with van der Waals surface area (Å²) in [5.74, 6) is 0.684. The summed E-state index contributed by atoms with van der Waals surface area (Å²) in [4.78, 5) is 21.9. The van der Waals surface area contributed by atoms with E-state index < -0.39 is 0 Å². The third kappa shape index (κ3) is 4.31. The summed E-state index contributed by atoms with van der Waals surface area (Å²) in [7, 11) is 0. The van der Waals surface area contributed by atoms with Crippen LogP contribution in [0.25, 0.3) is 11.1 Å². The molecule has 1 aliphatic heterocycles. The fourth-order valence-corrected chi connectivity index (χ4v) is 4.36. The maximum Gasteiger partial charge on any atom is 0.254 e. The zero-order chi connectivity index (χ0) is 20.4. The molecule has 29 heavy (non-hydrogen) atoms. The Hall–Kier alpha value is -2.37. The van der Waals surface area contributed by atoms with Gasteiger partial charge in [0.2, 0.25) is 0 Å². The van der Waals surface area contributed by atoms with Crippen LogP contribution in [0, 0.1) is 0 Å². The van der Waals surface area contributed by atoms with E-state index in [2.05, 4.69) is 23.7 Å². The van der Waals surface area contributed by atoms with Gasteiger partial charge >= 0.3 is 0 Å². The first-order valence-electron chi connectivity index (χ1n) is 10.2. The highest BCUT2D eigenvalue weighted by Gasteiger charge is 2.29. The summed E-state index contributed by atoms with van der Waals surface area (Å²) in [6.07, 6.45) is 1.60. The average molecular weight is 412 g/mol. The second-order valence-corrected chi connectivity index (χ2v) is 7.95. The first-order valence-corrected chi connectivity index (χ1v) is 10.6. The molecule has 1 amide bonds. The van der Waals surface area contributed by atoms with E-state index in [9.17, 15) is 4.79 Å². The van der Waals surface area contributed by atoms with E-state index in [1.807, 2.05) is 47.4 Å². The Morgan fingerprint density at radius 3 is 2.83 bits per heavy atom. The van der Waals surface area contributed by atoms with Gasteiger partial charge in [-0.05, 0) is 55.4 Å². The van der Waals surface area contributed by atoms with Crippen LogP contribution in [-0.2, 0) is 6.42 Å². The maximum absolute atomic E-state index is 13.0. The number of halogens is 1. The molecule has 6 heteroatoms. The molecule has 1 atom stereocenters. The topological polar surface area (TPSA) is 49.6 Å². The summed E-state index contributed by atoms with van der Waals surface area (Å²) in [6.45, 7) is 7.97. The average Bonchev–Trinajstić information content (AvgIpc) is 3.35. The van der Waals surface area contributed by atoms with Crippen LogP contribution in [0.5, 0.6) is 0 Å². The minimum absolute atomic E-state index is 0.0642. The third-order valence-electron chi connectivity index (χ3n) is 5.70. The number of likely N-dealkylation sites (N-methyl/N-ethyl adjacent to an activating group) is 1. The SMILES string of the molecule is CCN(CC)[C@@H]1CCN(C(=O)c2ccc3nc(Cc4cccc(Cl)c4)oc3c2)C1. The van der Waals surface area contributed by atoms with Crippen molar-refractivity contribution in [3.05, 3.63) is 64.5 Å². The maximum atomic E-state index is 13.0. The van der Waals surface area contributed by atoms with Crippen molar-refractivity contribution in [2.24, 2.45) is 0 Å². The molecule has 0 spiro atoms. The van der Waals surface area contributed by atoms with Crippen molar-refractivity contribution < 1.29 is 9.21 Å². The minimum Gasteiger partial charge on any atom is -0.440 e.